The second-order valence-electron chi connectivity index (χ2n) is 6.09. The normalized spacial score (nSPS) is 19.3. The Hall–Kier alpha value is -2.33. The maximum absolute atomic E-state index is 12.5. The van der Waals surface area contributed by atoms with Gasteiger partial charge in [-0.2, -0.15) is 0 Å². The Balaban J connectivity index is 1.64. The molecule has 24 heavy (non-hydrogen) atoms. The van der Waals surface area contributed by atoms with Crippen LogP contribution in [0, 0.1) is 0 Å². The first kappa shape index (κ1) is 16.5. The number of halogens is 1. The molecule has 0 spiro atoms. The van der Waals surface area contributed by atoms with Crippen molar-refractivity contribution in [1.82, 2.24) is 5.32 Å². The monoisotopic (exact) mass is 343 g/mol. The minimum absolute atomic E-state index is 0.285. The van der Waals surface area contributed by atoms with Gasteiger partial charge in [0.15, 0.2) is 5.60 Å². The highest BCUT2D eigenvalue weighted by Gasteiger charge is 2.42. The van der Waals surface area contributed by atoms with Crippen molar-refractivity contribution >= 4 is 23.5 Å². The molecule has 0 fully saturated rings. The van der Waals surface area contributed by atoms with E-state index in [1.807, 2.05) is 36.4 Å². The third-order valence-corrected chi connectivity index (χ3v) is 4.39. The highest BCUT2D eigenvalue weighted by molar-refractivity contribution is 6.30. The van der Waals surface area contributed by atoms with Crippen molar-refractivity contribution < 1.29 is 14.3 Å². The van der Waals surface area contributed by atoms with Gasteiger partial charge in [0.05, 0.1) is 5.56 Å². The molecule has 1 aliphatic heterocycles. The molecule has 0 aromatic heterocycles. The van der Waals surface area contributed by atoms with Crippen LogP contribution in [0.3, 0.4) is 0 Å². The minimum Gasteiger partial charge on any atom is -0.445 e. The van der Waals surface area contributed by atoms with Crippen LogP contribution in [-0.2, 0) is 22.4 Å². The fraction of sp³-hybridized carbons (Fsp3) is 0.263. The number of carbonyl (C=O) groups excluding carboxylic acids is 2. The number of cyclic esters (lactones) is 1. The van der Waals surface area contributed by atoms with Crippen molar-refractivity contribution in [2.24, 2.45) is 0 Å². The van der Waals surface area contributed by atoms with Gasteiger partial charge in [-0.05, 0) is 42.7 Å². The summed E-state index contributed by atoms with van der Waals surface area (Å²) in [6, 6.07) is 14.7. The number of rotatable bonds is 4. The van der Waals surface area contributed by atoms with Gasteiger partial charge in [0.1, 0.15) is 0 Å². The third kappa shape index (κ3) is 3.44. The highest BCUT2D eigenvalue weighted by atomic mass is 35.5. The van der Waals surface area contributed by atoms with Crippen LogP contribution in [0.2, 0.25) is 5.02 Å². The summed E-state index contributed by atoms with van der Waals surface area (Å²) in [7, 11) is 0. The van der Waals surface area contributed by atoms with Crippen LogP contribution in [0.25, 0.3) is 0 Å². The maximum atomic E-state index is 12.5. The largest absolute Gasteiger partial charge is 0.445 e. The molecule has 0 aliphatic carbocycles. The number of ether oxygens (including phenoxy) is 1. The Labute approximate surface area is 145 Å². The van der Waals surface area contributed by atoms with Crippen molar-refractivity contribution in [1.29, 1.82) is 0 Å². The number of nitrogens with one attached hydrogen (secondary N) is 1. The Kier molecular flexibility index (Phi) is 4.58. The molecule has 1 unspecified atom stereocenters. The molecule has 1 heterocycles. The molecule has 0 bridgehead atoms. The quantitative estimate of drug-likeness (QED) is 0.867. The predicted octanol–water partition coefficient (Wildman–Crippen LogP) is 3.17. The third-order valence-electron chi connectivity index (χ3n) is 4.15. The Morgan fingerprint density at radius 1 is 1.25 bits per heavy atom. The fourth-order valence-corrected chi connectivity index (χ4v) is 3.07. The van der Waals surface area contributed by atoms with Gasteiger partial charge in [-0.1, -0.05) is 41.9 Å². The first-order valence-electron chi connectivity index (χ1n) is 7.82. The Bertz CT molecular complexity index is 790. The van der Waals surface area contributed by atoms with Crippen LogP contribution in [0.4, 0.5) is 0 Å². The van der Waals surface area contributed by atoms with Gasteiger partial charge in [0, 0.05) is 18.0 Å². The number of hydrogen-bond donors (Lipinski definition) is 1. The molecule has 4 nitrogen and oxygen atoms in total. The zero-order valence-corrected chi connectivity index (χ0v) is 14.1. The van der Waals surface area contributed by atoms with Gasteiger partial charge < -0.3 is 10.1 Å². The summed E-state index contributed by atoms with van der Waals surface area (Å²) in [5.41, 5.74) is 1.22. The summed E-state index contributed by atoms with van der Waals surface area (Å²) >= 11 is 5.95. The Morgan fingerprint density at radius 3 is 2.83 bits per heavy atom. The average Bonchev–Trinajstić information content (AvgIpc) is 2.54. The summed E-state index contributed by atoms with van der Waals surface area (Å²) < 4.78 is 5.41. The van der Waals surface area contributed by atoms with E-state index in [2.05, 4.69) is 5.32 Å². The zero-order chi connectivity index (χ0) is 17.2. The first-order chi connectivity index (χ1) is 11.5. The molecule has 3 rings (SSSR count). The van der Waals surface area contributed by atoms with E-state index in [0.717, 1.165) is 11.1 Å². The van der Waals surface area contributed by atoms with Gasteiger partial charge in [-0.25, -0.2) is 4.79 Å². The summed E-state index contributed by atoms with van der Waals surface area (Å²) in [5.74, 6) is -0.739. The number of amides is 1. The van der Waals surface area contributed by atoms with Crippen molar-refractivity contribution in [3.8, 4) is 0 Å². The standard InChI is InChI=1S/C19H18ClNO3/c1-19(12-14-6-2-3-8-16(14)17(22)24-19)18(23)21-10-9-13-5-4-7-15(20)11-13/h2-8,11H,9-10,12H2,1H3,(H,21,23). The number of carbonyl (C=O) groups is 2. The van der Waals surface area contributed by atoms with Crippen molar-refractivity contribution in [3.05, 3.63) is 70.2 Å². The molecule has 1 atom stereocenters. The minimum atomic E-state index is -1.18. The van der Waals surface area contributed by atoms with E-state index in [-0.39, 0.29) is 5.91 Å². The lowest BCUT2D eigenvalue weighted by molar-refractivity contribution is -0.139. The predicted molar refractivity (Wildman–Crippen MR) is 92.1 cm³/mol. The molecular formula is C19H18ClNO3. The first-order valence-corrected chi connectivity index (χ1v) is 8.20. The van der Waals surface area contributed by atoms with E-state index in [4.69, 9.17) is 16.3 Å². The topological polar surface area (TPSA) is 55.4 Å². The van der Waals surface area contributed by atoms with E-state index in [1.54, 1.807) is 19.1 Å². The molecule has 124 valence electrons. The second-order valence-corrected chi connectivity index (χ2v) is 6.53. The van der Waals surface area contributed by atoms with Gasteiger partial charge in [0.25, 0.3) is 5.91 Å². The summed E-state index contributed by atoms with van der Waals surface area (Å²) in [6.07, 6.45) is 1.03. The van der Waals surface area contributed by atoms with Crippen LogP contribution in [0.1, 0.15) is 28.4 Å². The zero-order valence-electron chi connectivity index (χ0n) is 13.3. The van der Waals surface area contributed by atoms with E-state index < -0.39 is 11.6 Å². The van der Waals surface area contributed by atoms with Gasteiger partial charge in [0.2, 0.25) is 0 Å². The van der Waals surface area contributed by atoms with E-state index >= 15 is 0 Å². The SMILES string of the molecule is CC1(C(=O)NCCc2cccc(Cl)c2)Cc2ccccc2C(=O)O1. The van der Waals surface area contributed by atoms with Crippen LogP contribution in [-0.4, -0.2) is 24.0 Å². The number of fused-ring (bicyclic) bond motifs is 1. The Morgan fingerprint density at radius 2 is 2.04 bits per heavy atom. The van der Waals surface area contributed by atoms with E-state index in [1.165, 1.54) is 0 Å². The lowest BCUT2D eigenvalue weighted by Crippen LogP contribution is -2.52. The number of hydrogen-bond acceptors (Lipinski definition) is 3. The van der Waals surface area contributed by atoms with Gasteiger partial charge in [-0.15, -0.1) is 0 Å². The highest BCUT2D eigenvalue weighted by Crippen LogP contribution is 2.28. The van der Waals surface area contributed by atoms with Crippen LogP contribution in [0.5, 0.6) is 0 Å². The maximum Gasteiger partial charge on any atom is 0.339 e. The van der Waals surface area contributed by atoms with Crippen LogP contribution < -0.4 is 5.32 Å². The van der Waals surface area contributed by atoms with Gasteiger partial charge >= 0.3 is 5.97 Å². The van der Waals surface area contributed by atoms with E-state index in [0.29, 0.717) is 30.0 Å². The lowest BCUT2D eigenvalue weighted by Gasteiger charge is -2.33. The molecule has 2 aromatic carbocycles. The van der Waals surface area contributed by atoms with Gasteiger partial charge in [-0.3, -0.25) is 4.79 Å². The second kappa shape index (κ2) is 6.65. The summed E-state index contributed by atoms with van der Waals surface area (Å²) in [5, 5.41) is 3.52. The molecule has 0 saturated heterocycles. The molecular weight excluding hydrogens is 326 g/mol. The van der Waals surface area contributed by atoms with Crippen LogP contribution >= 0.6 is 11.6 Å². The average molecular weight is 344 g/mol. The molecule has 1 aliphatic rings. The summed E-state index contributed by atoms with van der Waals surface area (Å²) in [4.78, 5) is 24.6. The van der Waals surface area contributed by atoms with E-state index in [9.17, 15) is 9.59 Å². The lowest BCUT2D eigenvalue weighted by atomic mass is 9.89. The fourth-order valence-electron chi connectivity index (χ4n) is 2.86. The van der Waals surface area contributed by atoms with Crippen LogP contribution in [0.15, 0.2) is 48.5 Å². The molecule has 5 heteroatoms. The van der Waals surface area contributed by atoms with Crippen molar-refractivity contribution in [3.63, 3.8) is 0 Å². The molecule has 1 N–H and O–H groups in total. The molecule has 0 radical (unpaired) electrons. The number of benzene rings is 2. The molecule has 0 saturated carbocycles. The number of esters is 1. The molecule has 2 aromatic rings. The van der Waals surface area contributed by atoms with Crippen molar-refractivity contribution in [2.45, 2.75) is 25.4 Å². The van der Waals surface area contributed by atoms with Crippen molar-refractivity contribution in [2.75, 3.05) is 6.54 Å². The summed E-state index contributed by atoms with van der Waals surface area (Å²) in [6.45, 7) is 2.10. The smallest absolute Gasteiger partial charge is 0.339 e. The molecule has 1 amide bonds.